The molecule has 4 fully saturated rings. The highest BCUT2D eigenvalue weighted by molar-refractivity contribution is 8.14. The van der Waals surface area contributed by atoms with Crippen LogP contribution in [0.1, 0.15) is 137 Å². The largest absolute Gasteiger partial charge is 0.287 e. The Morgan fingerprint density at radius 3 is 2.47 bits per heavy atom. The molecule has 0 bridgehead atoms. The summed E-state index contributed by atoms with van der Waals surface area (Å²) in [5.74, 6) is 5.82. The van der Waals surface area contributed by atoms with Crippen LogP contribution in [-0.2, 0) is 4.79 Å². The number of carbonyl (C=O) groups excluding carboxylic acids is 1. The lowest BCUT2D eigenvalue weighted by Gasteiger charge is -2.58. The zero-order chi connectivity index (χ0) is 25.5. The number of hydrogen-bond donors (Lipinski definition) is 0. The van der Waals surface area contributed by atoms with Gasteiger partial charge in [-0.3, -0.25) is 4.79 Å². The Bertz CT molecular complexity index is 808. The van der Waals surface area contributed by atoms with Crippen LogP contribution in [0.4, 0.5) is 0 Å². The Morgan fingerprint density at radius 1 is 0.944 bits per heavy atom. The van der Waals surface area contributed by atoms with E-state index in [1.807, 2.05) is 0 Å². The molecule has 1 nitrogen and oxygen atoms in total. The zero-order valence-corrected chi connectivity index (χ0v) is 25.1. The number of hydrogen-bond acceptors (Lipinski definition) is 2. The monoisotopic (exact) mass is 512 g/mol. The van der Waals surface area contributed by atoms with Crippen LogP contribution in [0.2, 0.25) is 0 Å². The third kappa shape index (κ3) is 5.16. The normalized spacial score (nSPS) is 41.8. The van der Waals surface area contributed by atoms with Crippen molar-refractivity contribution >= 4 is 16.9 Å². The Labute approximate surface area is 227 Å². The second-order valence-electron chi connectivity index (χ2n) is 14.9. The van der Waals surface area contributed by atoms with Crippen molar-refractivity contribution in [2.24, 2.45) is 52.3 Å². The Morgan fingerprint density at radius 2 is 1.72 bits per heavy atom. The van der Waals surface area contributed by atoms with Crippen molar-refractivity contribution in [3.05, 3.63) is 11.6 Å². The molecule has 0 spiro atoms. The summed E-state index contributed by atoms with van der Waals surface area (Å²) in [6, 6.07) is 0. The molecule has 0 saturated heterocycles. The maximum atomic E-state index is 13.0. The van der Waals surface area contributed by atoms with E-state index in [4.69, 9.17) is 0 Å². The quantitative estimate of drug-likeness (QED) is 0.316. The van der Waals surface area contributed by atoms with Crippen molar-refractivity contribution in [1.82, 2.24) is 0 Å². The first-order chi connectivity index (χ1) is 17.2. The van der Waals surface area contributed by atoms with Gasteiger partial charge in [0.1, 0.15) is 0 Å². The lowest BCUT2D eigenvalue weighted by Crippen LogP contribution is -2.50. The summed E-state index contributed by atoms with van der Waals surface area (Å²) < 4.78 is 0. The molecule has 2 heteroatoms. The average Bonchev–Trinajstić information content (AvgIpc) is 3.22. The number of carbonyl (C=O) groups is 1. The first kappa shape index (κ1) is 27.3. The van der Waals surface area contributed by atoms with E-state index >= 15 is 0 Å². The second-order valence-corrected chi connectivity index (χ2v) is 16.2. The molecule has 8 atom stereocenters. The Balaban J connectivity index is 1.23. The van der Waals surface area contributed by atoms with Crippen LogP contribution >= 0.6 is 11.8 Å². The van der Waals surface area contributed by atoms with E-state index in [-0.39, 0.29) is 0 Å². The summed E-state index contributed by atoms with van der Waals surface area (Å²) in [6.07, 6.45) is 24.2. The van der Waals surface area contributed by atoms with Crippen molar-refractivity contribution in [3.8, 4) is 0 Å². The summed E-state index contributed by atoms with van der Waals surface area (Å²) in [5, 5.41) is 1.08. The highest BCUT2D eigenvalue weighted by Crippen LogP contribution is 2.67. The topological polar surface area (TPSA) is 17.1 Å². The van der Waals surface area contributed by atoms with E-state index in [1.54, 1.807) is 17.3 Å². The summed E-state index contributed by atoms with van der Waals surface area (Å²) in [5.41, 5.74) is 2.75. The van der Waals surface area contributed by atoms with E-state index in [0.29, 0.717) is 27.1 Å². The molecule has 0 aromatic heterocycles. The molecule has 0 unspecified atom stereocenters. The molecule has 5 rings (SSSR count). The van der Waals surface area contributed by atoms with Gasteiger partial charge in [0, 0.05) is 11.2 Å². The lowest BCUT2D eigenvalue weighted by molar-refractivity contribution is -0.115. The van der Waals surface area contributed by atoms with Crippen LogP contribution in [0.25, 0.3) is 0 Å². The van der Waals surface area contributed by atoms with Gasteiger partial charge in [0.2, 0.25) is 0 Å². The molecule has 0 aromatic carbocycles. The minimum atomic E-state index is 0.362. The van der Waals surface area contributed by atoms with Crippen molar-refractivity contribution in [3.63, 3.8) is 0 Å². The van der Waals surface area contributed by atoms with Crippen molar-refractivity contribution < 1.29 is 4.79 Å². The predicted octanol–water partition coefficient (Wildman–Crippen LogP) is 10.2. The average molecular weight is 513 g/mol. The highest BCUT2D eigenvalue weighted by Gasteiger charge is 2.59. The third-order valence-electron chi connectivity index (χ3n) is 12.5. The fourth-order valence-electron chi connectivity index (χ4n) is 10.4. The molecule has 4 saturated carbocycles. The molecule has 5 aliphatic carbocycles. The second kappa shape index (κ2) is 11.1. The van der Waals surface area contributed by atoms with Crippen LogP contribution in [0.5, 0.6) is 0 Å². The standard InChI is InChI=1S/C34H56OS/c1-23(2)10-9-11-24(3)29-16-17-30-28-15-14-26-22-27(36-32(35)25-12-7-6-8-13-25)18-20-33(26,4)31(28)19-21-34(29,30)5/h14,23-25,27-31H,6-13,15-22H2,1-5H3/t24-,27-,28-,29-,30+,31+,33-,34+/m0/s1. The highest BCUT2D eigenvalue weighted by atomic mass is 32.2. The van der Waals surface area contributed by atoms with Gasteiger partial charge in [0.25, 0.3) is 0 Å². The van der Waals surface area contributed by atoms with Gasteiger partial charge in [-0.1, -0.05) is 96.6 Å². The van der Waals surface area contributed by atoms with E-state index < -0.39 is 0 Å². The molecule has 0 N–H and O–H groups in total. The van der Waals surface area contributed by atoms with Crippen LogP contribution in [0.3, 0.4) is 0 Å². The third-order valence-corrected chi connectivity index (χ3v) is 13.8. The van der Waals surface area contributed by atoms with Crippen molar-refractivity contribution in [1.29, 1.82) is 0 Å². The lowest BCUT2D eigenvalue weighted by atomic mass is 9.47. The van der Waals surface area contributed by atoms with E-state index in [1.165, 1.54) is 89.9 Å². The molecule has 0 aliphatic heterocycles. The molecular formula is C34H56OS. The van der Waals surface area contributed by atoms with E-state index in [9.17, 15) is 4.79 Å². The summed E-state index contributed by atoms with van der Waals surface area (Å²) in [7, 11) is 0. The number of rotatable bonds is 7. The number of thioether (sulfide) groups is 1. The number of fused-ring (bicyclic) bond motifs is 5. The molecule has 0 heterocycles. The van der Waals surface area contributed by atoms with Crippen LogP contribution in [0, 0.1) is 52.3 Å². The first-order valence-corrected chi connectivity index (χ1v) is 17.0. The summed E-state index contributed by atoms with van der Waals surface area (Å²) in [6.45, 7) is 12.7. The van der Waals surface area contributed by atoms with Crippen molar-refractivity contribution in [2.75, 3.05) is 0 Å². The fourth-order valence-corrected chi connectivity index (χ4v) is 11.6. The molecular weight excluding hydrogens is 456 g/mol. The van der Waals surface area contributed by atoms with Crippen LogP contribution in [0.15, 0.2) is 11.6 Å². The molecule has 204 valence electrons. The minimum absolute atomic E-state index is 0.362. The fraction of sp³-hybridized carbons (Fsp3) is 0.912. The van der Waals surface area contributed by atoms with Gasteiger partial charge >= 0.3 is 0 Å². The van der Waals surface area contributed by atoms with Gasteiger partial charge in [0.15, 0.2) is 5.12 Å². The van der Waals surface area contributed by atoms with Gasteiger partial charge in [-0.15, -0.1) is 0 Å². The SMILES string of the molecule is CC(C)CCC[C@H](C)[C@@H]1CC[C@@H]2[C@@H]3CC=C4C[C@@H](SC(=O)C5CCCCC5)CC[C@]4(C)[C@@H]3CC[C@@]21C. The Hall–Kier alpha value is -0.240. The number of allylic oxidation sites excluding steroid dienone is 2. The predicted molar refractivity (Wildman–Crippen MR) is 156 cm³/mol. The molecule has 0 aromatic rings. The maximum absolute atomic E-state index is 13.0. The first-order valence-electron chi connectivity index (χ1n) is 16.1. The molecule has 0 radical (unpaired) electrons. The van der Waals surface area contributed by atoms with Gasteiger partial charge < -0.3 is 0 Å². The van der Waals surface area contributed by atoms with Crippen LogP contribution in [-0.4, -0.2) is 10.4 Å². The smallest absolute Gasteiger partial charge is 0.192 e. The van der Waals surface area contributed by atoms with Gasteiger partial charge in [0.05, 0.1) is 0 Å². The molecule has 36 heavy (non-hydrogen) atoms. The Kier molecular flexibility index (Phi) is 8.42. The zero-order valence-electron chi connectivity index (χ0n) is 24.3. The maximum Gasteiger partial charge on any atom is 0.192 e. The minimum Gasteiger partial charge on any atom is -0.287 e. The van der Waals surface area contributed by atoms with Crippen LogP contribution < -0.4 is 0 Å². The summed E-state index contributed by atoms with van der Waals surface area (Å²) in [4.78, 5) is 13.0. The van der Waals surface area contributed by atoms with E-state index in [2.05, 4.69) is 40.7 Å². The van der Waals surface area contributed by atoms with Gasteiger partial charge in [-0.05, 0) is 111 Å². The van der Waals surface area contributed by atoms with E-state index in [0.717, 1.165) is 48.3 Å². The van der Waals surface area contributed by atoms with Gasteiger partial charge in [-0.2, -0.15) is 0 Å². The van der Waals surface area contributed by atoms with Gasteiger partial charge in [-0.25, -0.2) is 0 Å². The molecule has 5 aliphatic rings. The summed E-state index contributed by atoms with van der Waals surface area (Å²) >= 11 is 1.76. The molecule has 0 amide bonds. The van der Waals surface area contributed by atoms with Crippen molar-refractivity contribution in [2.45, 2.75) is 143 Å².